The first-order valence-electron chi connectivity index (χ1n) is 9.78. The molecule has 27 heavy (non-hydrogen) atoms. The molecule has 1 atom stereocenters. The molecular weight excluding hydrogens is 334 g/mol. The van der Waals surface area contributed by atoms with Crippen LogP contribution in [0.15, 0.2) is 72.4 Å². The van der Waals surface area contributed by atoms with E-state index in [1.165, 1.54) is 35.4 Å². The Bertz CT molecular complexity index is 915. The van der Waals surface area contributed by atoms with Crippen LogP contribution in [-0.2, 0) is 17.6 Å². The summed E-state index contributed by atoms with van der Waals surface area (Å²) in [5, 5.41) is 9.04. The molecule has 138 valence electrons. The topological polar surface area (TPSA) is 42.2 Å². The maximum absolute atomic E-state index is 11.0. The highest BCUT2D eigenvalue weighted by atomic mass is 16.4. The number of carboxylic acid groups (broad SMARTS) is 1. The number of hydrogen-bond donors (Lipinski definition) is 1. The minimum atomic E-state index is -0.749. The summed E-state index contributed by atoms with van der Waals surface area (Å²) in [5.41, 5.74) is 6.48. The van der Waals surface area contributed by atoms with Gasteiger partial charge in [-0.1, -0.05) is 60.7 Å². The molecule has 0 radical (unpaired) electrons. The smallest absolute Gasteiger partial charge is 0.303 e. The van der Waals surface area contributed by atoms with E-state index in [2.05, 4.69) is 59.2 Å². The number of rotatable bonds is 5. The van der Waals surface area contributed by atoms with Crippen LogP contribution >= 0.6 is 0 Å². The molecule has 2 aliphatic carbocycles. The Morgan fingerprint density at radius 1 is 1.11 bits per heavy atom. The minimum absolute atomic E-state index is 0.112. The van der Waals surface area contributed by atoms with Crippen LogP contribution in [0.1, 0.15) is 43.0 Å². The van der Waals surface area contributed by atoms with Crippen LogP contribution in [-0.4, -0.2) is 15.6 Å². The number of aromatic nitrogens is 1. The summed E-state index contributed by atoms with van der Waals surface area (Å²) in [7, 11) is 0. The first-order valence-corrected chi connectivity index (χ1v) is 9.78. The average Bonchev–Trinajstić information content (AvgIpc) is 2.92. The molecule has 0 bridgehead atoms. The van der Waals surface area contributed by atoms with Crippen molar-refractivity contribution in [1.29, 1.82) is 0 Å². The van der Waals surface area contributed by atoms with Crippen molar-refractivity contribution in [3.63, 3.8) is 0 Å². The maximum Gasteiger partial charge on any atom is 0.303 e. The van der Waals surface area contributed by atoms with E-state index in [9.17, 15) is 4.79 Å². The van der Waals surface area contributed by atoms with Crippen LogP contribution in [0.25, 0.3) is 11.3 Å². The van der Waals surface area contributed by atoms with Gasteiger partial charge < -0.3 is 9.67 Å². The molecule has 1 unspecified atom stereocenters. The van der Waals surface area contributed by atoms with Gasteiger partial charge in [0.25, 0.3) is 0 Å². The lowest BCUT2D eigenvalue weighted by atomic mass is 9.97. The molecule has 4 rings (SSSR count). The van der Waals surface area contributed by atoms with E-state index in [1.54, 1.807) is 0 Å². The monoisotopic (exact) mass is 359 g/mol. The molecule has 0 saturated carbocycles. The summed E-state index contributed by atoms with van der Waals surface area (Å²) in [5.74, 6) is -0.749. The Morgan fingerprint density at radius 3 is 2.74 bits per heavy atom. The van der Waals surface area contributed by atoms with E-state index in [0.29, 0.717) is 6.42 Å². The van der Waals surface area contributed by atoms with Gasteiger partial charge in [-0.05, 0) is 54.9 Å². The second-order valence-electron chi connectivity index (χ2n) is 7.31. The number of fused-ring (bicyclic) bond motifs is 1. The molecule has 2 aliphatic rings. The molecule has 0 amide bonds. The number of aryl methyl sites for hydroxylation is 1. The number of aliphatic carboxylic acids is 1. The molecule has 0 saturated heterocycles. The largest absolute Gasteiger partial charge is 0.481 e. The van der Waals surface area contributed by atoms with Gasteiger partial charge in [-0.2, -0.15) is 0 Å². The summed E-state index contributed by atoms with van der Waals surface area (Å²) >= 11 is 0. The highest BCUT2D eigenvalue weighted by Gasteiger charge is 2.22. The zero-order valence-electron chi connectivity index (χ0n) is 15.5. The molecular formula is C24H25NO2. The van der Waals surface area contributed by atoms with Gasteiger partial charge >= 0.3 is 5.97 Å². The molecule has 1 aromatic carbocycles. The average molecular weight is 359 g/mol. The normalized spacial score (nSPS) is 18.7. The summed E-state index contributed by atoms with van der Waals surface area (Å²) in [6.07, 6.45) is 16.1. The van der Waals surface area contributed by atoms with E-state index < -0.39 is 5.97 Å². The van der Waals surface area contributed by atoms with Gasteiger partial charge in [0.15, 0.2) is 0 Å². The van der Waals surface area contributed by atoms with E-state index in [1.807, 2.05) is 12.2 Å². The fraction of sp³-hybridized carbons (Fsp3) is 0.292. The number of carbonyl (C=O) groups is 1. The number of carboxylic acids is 1. The molecule has 3 nitrogen and oxygen atoms in total. The number of allylic oxidation sites excluding steroid dienone is 6. The van der Waals surface area contributed by atoms with E-state index >= 15 is 0 Å². The van der Waals surface area contributed by atoms with Crippen molar-refractivity contribution < 1.29 is 9.90 Å². The third kappa shape index (κ3) is 3.82. The molecule has 1 heterocycles. The maximum atomic E-state index is 11.0. The highest BCUT2D eigenvalue weighted by Crippen LogP contribution is 2.35. The second kappa shape index (κ2) is 7.83. The predicted octanol–water partition coefficient (Wildman–Crippen LogP) is 5.49. The van der Waals surface area contributed by atoms with Crippen molar-refractivity contribution in [2.24, 2.45) is 0 Å². The fourth-order valence-corrected chi connectivity index (χ4v) is 4.16. The Kier molecular flexibility index (Phi) is 5.10. The van der Waals surface area contributed by atoms with Gasteiger partial charge in [-0.3, -0.25) is 4.79 Å². The second-order valence-corrected chi connectivity index (χ2v) is 7.31. The third-order valence-corrected chi connectivity index (χ3v) is 5.45. The van der Waals surface area contributed by atoms with Crippen molar-refractivity contribution in [3.8, 4) is 11.3 Å². The standard InChI is InChI=1S/C24H25NO2/c26-24(27)15-14-18-8-4-6-12-21(16-18)25-22-13-7-5-11-20(22)17-23(25)19-9-2-1-3-10-19/h1-4,6,8-10,12,16-17,21H,5,7,11,13-15H2,(H,26,27). The molecule has 3 heteroatoms. The Balaban J connectivity index is 1.78. The van der Waals surface area contributed by atoms with Gasteiger partial charge in [0.2, 0.25) is 0 Å². The zero-order valence-corrected chi connectivity index (χ0v) is 15.5. The lowest BCUT2D eigenvalue weighted by Gasteiger charge is -2.22. The third-order valence-electron chi connectivity index (χ3n) is 5.45. The zero-order chi connectivity index (χ0) is 18.6. The van der Waals surface area contributed by atoms with Crippen molar-refractivity contribution in [2.75, 3.05) is 0 Å². The summed E-state index contributed by atoms with van der Waals surface area (Å²) in [4.78, 5) is 11.0. The van der Waals surface area contributed by atoms with Gasteiger partial charge in [0.1, 0.15) is 0 Å². The molecule has 1 aromatic heterocycles. The Labute approximate surface area is 160 Å². The molecule has 2 aromatic rings. The van der Waals surface area contributed by atoms with E-state index in [-0.39, 0.29) is 12.5 Å². The van der Waals surface area contributed by atoms with Crippen LogP contribution in [0.4, 0.5) is 0 Å². The molecule has 0 aliphatic heterocycles. The van der Waals surface area contributed by atoms with Crippen molar-refractivity contribution >= 4 is 5.97 Å². The van der Waals surface area contributed by atoms with Crippen LogP contribution in [0, 0.1) is 0 Å². The van der Waals surface area contributed by atoms with E-state index in [0.717, 1.165) is 18.4 Å². The quantitative estimate of drug-likeness (QED) is 0.767. The van der Waals surface area contributed by atoms with Crippen molar-refractivity contribution in [2.45, 2.75) is 44.6 Å². The SMILES string of the molecule is O=C(O)CCC1=CC(n2c(-c3ccccc3)cc3c2CCCC3)C=CC=C1. The Morgan fingerprint density at radius 2 is 1.93 bits per heavy atom. The Hall–Kier alpha value is -2.81. The van der Waals surface area contributed by atoms with Crippen LogP contribution in [0.5, 0.6) is 0 Å². The lowest BCUT2D eigenvalue weighted by molar-refractivity contribution is -0.136. The van der Waals surface area contributed by atoms with Gasteiger partial charge in [-0.25, -0.2) is 0 Å². The highest BCUT2D eigenvalue weighted by molar-refractivity contribution is 5.67. The summed E-state index contributed by atoms with van der Waals surface area (Å²) in [6.45, 7) is 0. The summed E-state index contributed by atoms with van der Waals surface area (Å²) in [6, 6.07) is 13.0. The molecule has 0 spiro atoms. The van der Waals surface area contributed by atoms with Crippen LogP contribution in [0.3, 0.4) is 0 Å². The molecule has 0 fully saturated rings. The van der Waals surface area contributed by atoms with Crippen LogP contribution < -0.4 is 0 Å². The first-order chi connectivity index (χ1) is 13.2. The van der Waals surface area contributed by atoms with Gasteiger partial charge in [-0.15, -0.1) is 0 Å². The number of nitrogens with zero attached hydrogens (tertiary/aromatic N) is 1. The van der Waals surface area contributed by atoms with Crippen LogP contribution in [0.2, 0.25) is 0 Å². The lowest BCUT2D eigenvalue weighted by Crippen LogP contribution is -2.13. The number of benzene rings is 1. The predicted molar refractivity (Wildman–Crippen MR) is 109 cm³/mol. The molecule has 1 N–H and O–H groups in total. The van der Waals surface area contributed by atoms with Gasteiger partial charge in [0.05, 0.1) is 6.04 Å². The van der Waals surface area contributed by atoms with Gasteiger partial charge in [0, 0.05) is 17.8 Å². The minimum Gasteiger partial charge on any atom is -0.481 e. The van der Waals surface area contributed by atoms with Crippen molar-refractivity contribution in [3.05, 3.63) is 83.6 Å². The fourth-order valence-electron chi connectivity index (χ4n) is 4.16. The first kappa shape index (κ1) is 17.6. The number of hydrogen-bond acceptors (Lipinski definition) is 1. The van der Waals surface area contributed by atoms with Crippen molar-refractivity contribution in [1.82, 2.24) is 4.57 Å². The van der Waals surface area contributed by atoms with E-state index in [4.69, 9.17) is 5.11 Å². The summed E-state index contributed by atoms with van der Waals surface area (Å²) < 4.78 is 2.47.